The van der Waals surface area contributed by atoms with Gasteiger partial charge in [0.1, 0.15) is 12.1 Å². The average molecular weight is 283 g/mol. The van der Waals surface area contributed by atoms with E-state index in [9.17, 15) is 0 Å². The minimum Gasteiger partial charge on any atom is -0.399 e. The van der Waals surface area contributed by atoms with Crippen molar-refractivity contribution in [2.75, 3.05) is 36.8 Å². The molecule has 5 heteroatoms. The van der Waals surface area contributed by atoms with Crippen LogP contribution in [0, 0.1) is 0 Å². The molecular weight excluding hydrogens is 262 g/mol. The molecule has 2 aliphatic rings. The van der Waals surface area contributed by atoms with Gasteiger partial charge in [-0.25, -0.2) is 9.97 Å². The van der Waals surface area contributed by atoms with Gasteiger partial charge in [-0.3, -0.25) is 4.90 Å². The van der Waals surface area contributed by atoms with Gasteiger partial charge in [-0.05, 0) is 37.6 Å². The van der Waals surface area contributed by atoms with Crippen molar-refractivity contribution in [1.29, 1.82) is 0 Å². The molecule has 0 amide bonds. The van der Waals surface area contributed by atoms with Crippen molar-refractivity contribution in [3.8, 4) is 0 Å². The van der Waals surface area contributed by atoms with E-state index in [4.69, 9.17) is 5.73 Å². The van der Waals surface area contributed by atoms with Crippen LogP contribution in [0.1, 0.15) is 19.3 Å². The van der Waals surface area contributed by atoms with Crippen molar-refractivity contribution in [1.82, 2.24) is 14.9 Å². The number of benzene rings is 1. The second-order valence-electron chi connectivity index (χ2n) is 6.11. The average Bonchev–Trinajstić information content (AvgIpc) is 2.53. The first kappa shape index (κ1) is 12.8. The molecule has 1 atom stereocenters. The summed E-state index contributed by atoms with van der Waals surface area (Å²) in [6.45, 7) is 4.54. The normalized spacial score (nSPS) is 23.2. The highest BCUT2D eigenvalue weighted by Gasteiger charge is 2.29. The Bertz CT molecular complexity index is 656. The number of hydrogen-bond donors (Lipinski definition) is 1. The first-order valence-electron chi connectivity index (χ1n) is 7.80. The maximum atomic E-state index is 5.86. The predicted molar refractivity (Wildman–Crippen MR) is 85.4 cm³/mol. The fourth-order valence-corrected chi connectivity index (χ4v) is 3.66. The first-order valence-corrected chi connectivity index (χ1v) is 7.80. The van der Waals surface area contributed by atoms with Crippen LogP contribution < -0.4 is 10.6 Å². The summed E-state index contributed by atoms with van der Waals surface area (Å²) < 4.78 is 0. The summed E-state index contributed by atoms with van der Waals surface area (Å²) in [6.07, 6.45) is 5.68. The van der Waals surface area contributed by atoms with Gasteiger partial charge >= 0.3 is 0 Å². The van der Waals surface area contributed by atoms with Gasteiger partial charge in [-0.1, -0.05) is 6.42 Å². The van der Waals surface area contributed by atoms with Crippen LogP contribution in [0.25, 0.3) is 10.9 Å². The van der Waals surface area contributed by atoms with Crippen LogP contribution >= 0.6 is 0 Å². The second kappa shape index (κ2) is 5.15. The minimum atomic E-state index is 0.686. The molecule has 0 aliphatic carbocycles. The Morgan fingerprint density at radius 1 is 1.10 bits per heavy atom. The van der Waals surface area contributed by atoms with E-state index in [1.807, 2.05) is 18.2 Å². The monoisotopic (exact) mass is 283 g/mol. The maximum absolute atomic E-state index is 5.86. The summed E-state index contributed by atoms with van der Waals surface area (Å²) in [7, 11) is 0. The van der Waals surface area contributed by atoms with Crippen LogP contribution in [0.15, 0.2) is 24.5 Å². The molecule has 0 bridgehead atoms. The van der Waals surface area contributed by atoms with Crippen LogP contribution in [0.3, 0.4) is 0 Å². The molecule has 0 spiro atoms. The third-order valence-corrected chi connectivity index (χ3v) is 4.78. The van der Waals surface area contributed by atoms with Gasteiger partial charge in [0, 0.05) is 36.7 Å². The van der Waals surface area contributed by atoms with Crippen molar-refractivity contribution < 1.29 is 0 Å². The van der Waals surface area contributed by atoms with E-state index in [1.54, 1.807) is 6.33 Å². The van der Waals surface area contributed by atoms with Crippen molar-refractivity contribution in [3.63, 3.8) is 0 Å². The van der Waals surface area contributed by atoms with Crippen LogP contribution in [-0.2, 0) is 0 Å². The van der Waals surface area contributed by atoms with E-state index in [1.165, 1.54) is 25.8 Å². The van der Waals surface area contributed by atoms with E-state index >= 15 is 0 Å². The Morgan fingerprint density at radius 3 is 3.00 bits per heavy atom. The van der Waals surface area contributed by atoms with Crippen molar-refractivity contribution >= 4 is 22.4 Å². The molecule has 21 heavy (non-hydrogen) atoms. The number of aromatic nitrogens is 2. The molecule has 3 heterocycles. The highest BCUT2D eigenvalue weighted by atomic mass is 15.3. The lowest BCUT2D eigenvalue weighted by molar-refractivity contribution is 0.133. The molecule has 2 fully saturated rings. The molecule has 2 aliphatic heterocycles. The molecule has 2 N–H and O–H groups in total. The number of anilines is 2. The zero-order valence-corrected chi connectivity index (χ0v) is 12.2. The molecular formula is C16H21N5. The number of piperazine rings is 1. The number of nitrogens with two attached hydrogens (primary N) is 1. The molecule has 2 aromatic rings. The van der Waals surface area contributed by atoms with Gasteiger partial charge in [0.15, 0.2) is 0 Å². The molecule has 0 saturated carbocycles. The number of fused-ring (bicyclic) bond motifs is 2. The minimum absolute atomic E-state index is 0.686. The quantitative estimate of drug-likeness (QED) is 0.810. The largest absolute Gasteiger partial charge is 0.399 e. The molecule has 2 saturated heterocycles. The lowest BCUT2D eigenvalue weighted by Crippen LogP contribution is -2.55. The Morgan fingerprint density at radius 2 is 2.05 bits per heavy atom. The van der Waals surface area contributed by atoms with E-state index in [2.05, 4.69) is 19.8 Å². The fourth-order valence-electron chi connectivity index (χ4n) is 3.66. The Balaban J connectivity index is 1.67. The number of nitrogens with zero attached hydrogens (tertiary/aromatic N) is 4. The molecule has 1 unspecified atom stereocenters. The van der Waals surface area contributed by atoms with E-state index in [-0.39, 0.29) is 0 Å². The van der Waals surface area contributed by atoms with Crippen LogP contribution in [0.2, 0.25) is 0 Å². The third kappa shape index (κ3) is 2.31. The predicted octanol–water partition coefficient (Wildman–Crippen LogP) is 1.89. The summed E-state index contributed by atoms with van der Waals surface area (Å²) in [5.41, 5.74) is 7.55. The molecule has 0 radical (unpaired) electrons. The van der Waals surface area contributed by atoms with Gasteiger partial charge in [0.25, 0.3) is 0 Å². The lowest BCUT2D eigenvalue weighted by Gasteiger charge is -2.44. The smallest absolute Gasteiger partial charge is 0.139 e. The second-order valence-corrected chi connectivity index (χ2v) is 6.11. The summed E-state index contributed by atoms with van der Waals surface area (Å²) >= 11 is 0. The third-order valence-electron chi connectivity index (χ3n) is 4.78. The summed E-state index contributed by atoms with van der Waals surface area (Å²) in [4.78, 5) is 14.0. The summed E-state index contributed by atoms with van der Waals surface area (Å²) in [5, 5.41) is 1.11. The standard InChI is InChI=1S/C16H21N5/c17-12-4-5-14-15(9-12)18-11-19-16(14)21-8-7-20-6-2-1-3-13(20)10-21/h4-5,9,11,13H,1-3,6-8,10,17H2. The highest BCUT2D eigenvalue weighted by Crippen LogP contribution is 2.28. The van der Waals surface area contributed by atoms with Crippen molar-refractivity contribution in [3.05, 3.63) is 24.5 Å². The maximum Gasteiger partial charge on any atom is 0.139 e. The van der Waals surface area contributed by atoms with Crippen molar-refractivity contribution in [2.45, 2.75) is 25.3 Å². The number of rotatable bonds is 1. The highest BCUT2D eigenvalue weighted by molar-refractivity contribution is 5.91. The van der Waals surface area contributed by atoms with E-state index in [0.29, 0.717) is 6.04 Å². The van der Waals surface area contributed by atoms with Gasteiger partial charge in [-0.2, -0.15) is 0 Å². The Labute approximate surface area is 124 Å². The first-order chi connectivity index (χ1) is 10.3. The number of piperidine rings is 1. The zero-order chi connectivity index (χ0) is 14.2. The molecule has 1 aromatic carbocycles. The SMILES string of the molecule is Nc1ccc2c(N3CCN4CCCCC4C3)ncnc2c1. The van der Waals surface area contributed by atoms with Gasteiger partial charge in [0.05, 0.1) is 5.52 Å². The van der Waals surface area contributed by atoms with Gasteiger partial charge < -0.3 is 10.6 Å². The lowest BCUT2D eigenvalue weighted by atomic mass is 9.99. The topological polar surface area (TPSA) is 58.3 Å². The number of hydrogen-bond acceptors (Lipinski definition) is 5. The summed E-state index contributed by atoms with van der Waals surface area (Å²) in [6, 6.07) is 6.60. The zero-order valence-electron chi connectivity index (χ0n) is 12.2. The molecule has 110 valence electrons. The molecule has 4 rings (SSSR count). The molecule has 5 nitrogen and oxygen atoms in total. The van der Waals surface area contributed by atoms with Crippen LogP contribution in [-0.4, -0.2) is 47.1 Å². The number of nitrogen functional groups attached to an aromatic ring is 1. The van der Waals surface area contributed by atoms with Crippen molar-refractivity contribution in [2.24, 2.45) is 0 Å². The fraction of sp³-hybridized carbons (Fsp3) is 0.500. The molecule has 1 aromatic heterocycles. The van der Waals surface area contributed by atoms with Crippen LogP contribution in [0.4, 0.5) is 11.5 Å². The Kier molecular flexibility index (Phi) is 3.15. The summed E-state index contributed by atoms with van der Waals surface area (Å²) in [5.74, 6) is 1.06. The van der Waals surface area contributed by atoms with Crippen LogP contribution in [0.5, 0.6) is 0 Å². The van der Waals surface area contributed by atoms with E-state index in [0.717, 1.165) is 42.0 Å². The van der Waals surface area contributed by atoms with E-state index < -0.39 is 0 Å². The van der Waals surface area contributed by atoms with Gasteiger partial charge in [-0.15, -0.1) is 0 Å². The van der Waals surface area contributed by atoms with Gasteiger partial charge in [0.2, 0.25) is 0 Å². The Hall–Kier alpha value is -1.88.